The predicted molar refractivity (Wildman–Crippen MR) is 129 cm³/mol. The van der Waals surface area contributed by atoms with Gasteiger partial charge in [0.15, 0.2) is 0 Å². The monoisotopic (exact) mass is 447 g/mol. The third kappa shape index (κ3) is 6.40. The molecule has 4 rings (SSSR count). The molecule has 8 nitrogen and oxygen atoms in total. The van der Waals surface area contributed by atoms with E-state index >= 15 is 0 Å². The third-order valence-electron chi connectivity index (χ3n) is 6.22. The van der Waals surface area contributed by atoms with Crippen LogP contribution in [0.2, 0.25) is 0 Å². The van der Waals surface area contributed by atoms with Crippen molar-refractivity contribution in [1.82, 2.24) is 35.2 Å². The Morgan fingerprint density at radius 2 is 1.64 bits per heavy atom. The molecule has 0 bridgehead atoms. The summed E-state index contributed by atoms with van der Waals surface area (Å²) in [7, 11) is 0. The molecule has 2 amide bonds. The van der Waals surface area contributed by atoms with Crippen LogP contribution in [0.3, 0.4) is 0 Å². The van der Waals surface area contributed by atoms with Crippen molar-refractivity contribution < 1.29 is 4.79 Å². The Bertz CT molecular complexity index is 994. The summed E-state index contributed by atoms with van der Waals surface area (Å²) in [4.78, 5) is 21.3. The lowest BCUT2D eigenvalue weighted by Gasteiger charge is -2.34. The lowest BCUT2D eigenvalue weighted by atomic mass is 10.1. The molecule has 8 heteroatoms. The SMILES string of the molecule is CCN1CCN(Cc2ccc(CNC(=O)NC(C)c3ccc(-n4cncn4)cc3)cc2)CC1. The lowest BCUT2D eigenvalue weighted by Crippen LogP contribution is -2.45. The molecule has 1 saturated heterocycles. The van der Waals surface area contributed by atoms with Crippen LogP contribution in [0.4, 0.5) is 4.79 Å². The number of hydrogen-bond donors (Lipinski definition) is 2. The number of hydrogen-bond acceptors (Lipinski definition) is 5. The van der Waals surface area contributed by atoms with E-state index in [1.807, 2.05) is 31.2 Å². The molecular weight excluding hydrogens is 414 g/mol. The van der Waals surface area contributed by atoms with Crippen molar-refractivity contribution in [3.05, 3.63) is 77.9 Å². The van der Waals surface area contributed by atoms with E-state index in [2.05, 4.69) is 61.7 Å². The second kappa shape index (κ2) is 11.1. The molecule has 3 aromatic rings. The Kier molecular flexibility index (Phi) is 7.70. The van der Waals surface area contributed by atoms with Gasteiger partial charge in [-0.25, -0.2) is 14.5 Å². The number of rotatable bonds is 8. The van der Waals surface area contributed by atoms with Gasteiger partial charge in [-0.15, -0.1) is 0 Å². The van der Waals surface area contributed by atoms with Gasteiger partial charge in [0.1, 0.15) is 12.7 Å². The first-order valence-corrected chi connectivity index (χ1v) is 11.6. The molecule has 1 aromatic heterocycles. The summed E-state index contributed by atoms with van der Waals surface area (Å²) in [5, 5.41) is 10.1. The van der Waals surface area contributed by atoms with Crippen molar-refractivity contribution in [2.75, 3.05) is 32.7 Å². The fraction of sp³-hybridized carbons (Fsp3) is 0.400. The van der Waals surface area contributed by atoms with Gasteiger partial charge in [-0.05, 0) is 42.3 Å². The highest BCUT2D eigenvalue weighted by Crippen LogP contribution is 2.15. The van der Waals surface area contributed by atoms with Crippen molar-refractivity contribution in [2.24, 2.45) is 0 Å². The summed E-state index contributed by atoms with van der Waals surface area (Å²) in [6, 6.07) is 16.2. The van der Waals surface area contributed by atoms with Crippen LogP contribution in [0.5, 0.6) is 0 Å². The molecule has 1 unspecified atom stereocenters. The number of amides is 2. The summed E-state index contributed by atoms with van der Waals surface area (Å²) in [6.45, 7) is 11.4. The molecule has 0 radical (unpaired) electrons. The van der Waals surface area contributed by atoms with E-state index < -0.39 is 0 Å². The van der Waals surface area contributed by atoms with E-state index in [-0.39, 0.29) is 12.1 Å². The van der Waals surface area contributed by atoms with E-state index in [0.29, 0.717) is 6.54 Å². The quantitative estimate of drug-likeness (QED) is 0.555. The standard InChI is InChI=1S/C25H33N7O/c1-3-30-12-14-31(15-13-30)17-22-6-4-21(5-7-22)16-27-25(33)29-20(2)23-8-10-24(11-9-23)32-19-26-18-28-32/h4-11,18-20H,3,12-17H2,1-2H3,(H2,27,29,33). The van der Waals surface area contributed by atoms with Gasteiger partial charge < -0.3 is 15.5 Å². The zero-order valence-corrected chi connectivity index (χ0v) is 19.4. The van der Waals surface area contributed by atoms with Crippen LogP contribution in [-0.4, -0.2) is 63.3 Å². The summed E-state index contributed by atoms with van der Waals surface area (Å²) in [5.41, 5.74) is 4.36. The molecule has 0 spiro atoms. The molecule has 2 aromatic carbocycles. The number of carbonyl (C=O) groups is 1. The van der Waals surface area contributed by atoms with Crippen LogP contribution < -0.4 is 10.6 Å². The largest absolute Gasteiger partial charge is 0.334 e. The Morgan fingerprint density at radius 3 is 2.27 bits per heavy atom. The minimum atomic E-state index is -0.180. The first-order valence-electron chi connectivity index (χ1n) is 11.6. The molecule has 0 saturated carbocycles. The summed E-state index contributed by atoms with van der Waals surface area (Å²) >= 11 is 0. The van der Waals surface area contributed by atoms with Crippen molar-refractivity contribution in [2.45, 2.75) is 33.0 Å². The number of piperazine rings is 1. The maximum absolute atomic E-state index is 12.4. The van der Waals surface area contributed by atoms with Gasteiger partial charge in [-0.3, -0.25) is 4.90 Å². The van der Waals surface area contributed by atoms with E-state index in [1.54, 1.807) is 11.0 Å². The molecule has 0 aliphatic carbocycles. The van der Waals surface area contributed by atoms with Crippen molar-refractivity contribution in [1.29, 1.82) is 0 Å². The predicted octanol–water partition coefficient (Wildman–Crippen LogP) is 2.97. The highest BCUT2D eigenvalue weighted by molar-refractivity contribution is 5.74. The molecule has 2 N–H and O–H groups in total. The summed E-state index contributed by atoms with van der Waals surface area (Å²) < 4.78 is 1.70. The van der Waals surface area contributed by atoms with Crippen LogP contribution in [0, 0.1) is 0 Å². The van der Waals surface area contributed by atoms with Crippen LogP contribution in [0.1, 0.15) is 36.6 Å². The molecule has 1 atom stereocenters. The number of benzene rings is 2. The van der Waals surface area contributed by atoms with Gasteiger partial charge in [-0.1, -0.05) is 43.3 Å². The molecule has 174 valence electrons. The van der Waals surface area contributed by atoms with E-state index in [9.17, 15) is 4.79 Å². The van der Waals surface area contributed by atoms with Crippen LogP contribution in [-0.2, 0) is 13.1 Å². The number of nitrogens with one attached hydrogen (secondary N) is 2. The number of urea groups is 1. The molecule has 33 heavy (non-hydrogen) atoms. The van der Waals surface area contributed by atoms with Gasteiger partial charge in [0, 0.05) is 39.3 Å². The molecular formula is C25H33N7O. The average Bonchev–Trinajstić information content (AvgIpc) is 3.39. The maximum Gasteiger partial charge on any atom is 0.315 e. The zero-order valence-electron chi connectivity index (χ0n) is 19.4. The smallest absolute Gasteiger partial charge is 0.315 e. The second-order valence-corrected chi connectivity index (χ2v) is 8.51. The van der Waals surface area contributed by atoms with E-state index in [1.165, 1.54) is 11.9 Å². The topological polar surface area (TPSA) is 78.3 Å². The first-order chi connectivity index (χ1) is 16.1. The van der Waals surface area contributed by atoms with Gasteiger partial charge >= 0.3 is 6.03 Å². The Balaban J connectivity index is 1.21. The lowest BCUT2D eigenvalue weighted by molar-refractivity contribution is 0.132. The number of likely N-dealkylation sites (N-methyl/N-ethyl adjacent to an activating group) is 1. The van der Waals surface area contributed by atoms with Gasteiger partial charge in [-0.2, -0.15) is 5.10 Å². The fourth-order valence-corrected chi connectivity index (χ4v) is 4.05. The minimum Gasteiger partial charge on any atom is -0.334 e. The normalized spacial score (nSPS) is 15.8. The van der Waals surface area contributed by atoms with E-state index in [4.69, 9.17) is 0 Å². The average molecular weight is 448 g/mol. The van der Waals surface area contributed by atoms with E-state index in [0.717, 1.165) is 56.1 Å². The van der Waals surface area contributed by atoms with Crippen LogP contribution >= 0.6 is 0 Å². The highest BCUT2D eigenvalue weighted by Gasteiger charge is 2.15. The Labute approximate surface area is 195 Å². The molecule has 2 heterocycles. The van der Waals surface area contributed by atoms with Crippen molar-refractivity contribution in [3.8, 4) is 5.69 Å². The Hall–Kier alpha value is -3.23. The minimum absolute atomic E-state index is 0.106. The molecule has 1 aliphatic rings. The zero-order chi connectivity index (χ0) is 23.0. The summed E-state index contributed by atoms with van der Waals surface area (Å²) in [5.74, 6) is 0. The van der Waals surface area contributed by atoms with Crippen LogP contribution in [0.15, 0.2) is 61.2 Å². The molecule has 1 aliphatic heterocycles. The number of nitrogens with zero attached hydrogens (tertiary/aromatic N) is 5. The second-order valence-electron chi connectivity index (χ2n) is 8.51. The van der Waals surface area contributed by atoms with Crippen molar-refractivity contribution >= 4 is 6.03 Å². The highest BCUT2D eigenvalue weighted by atomic mass is 16.2. The third-order valence-corrected chi connectivity index (χ3v) is 6.22. The van der Waals surface area contributed by atoms with Gasteiger partial charge in [0.05, 0.1) is 11.7 Å². The van der Waals surface area contributed by atoms with Crippen LogP contribution in [0.25, 0.3) is 5.69 Å². The Morgan fingerprint density at radius 1 is 0.970 bits per heavy atom. The molecule has 1 fully saturated rings. The van der Waals surface area contributed by atoms with Crippen molar-refractivity contribution in [3.63, 3.8) is 0 Å². The van der Waals surface area contributed by atoms with Gasteiger partial charge in [0.2, 0.25) is 0 Å². The summed E-state index contributed by atoms with van der Waals surface area (Å²) in [6.07, 6.45) is 3.16. The number of carbonyl (C=O) groups excluding carboxylic acids is 1. The fourth-order valence-electron chi connectivity index (χ4n) is 4.05. The maximum atomic E-state index is 12.4. The number of aromatic nitrogens is 3. The first kappa shape index (κ1) is 22.9. The van der Waals surface area contributed by atoms with Gasteiger partial charge in [0.25, 0.3) is 0 Å².